The molecular weight excluding hydrogens is 188 g/mol. The summed E-state index contributed by atoms with van der Waals surface area (Å²) in [5, 5.41) is 0. The van der Waals surface area contributed by atoms with E-state index >= 15 is 0 Å². The molecule has 4 nitrogen and oxygen atoms in total. The molecule has 1 fully saturated rings. The third-order valence-electron chi connectivity index (χ3n) is 2.94. The fraction of sp³-hybridized carbons (Fsp3) is 0.636. The van der Waals surface area contributed by atoms with Crippen LogP contribution in [0.2, 0.25) is 0 Å². The Labute approximate surface area is 90.5 Å². The molecule has 82 valence electrons. The number of hydrogen-bond acceptors (Lipinski definition) is 4. The molecule has 2 N–H and O–H groups in total. The molecule has 0 spiro atoms. The van der Waals surface area contributed by atoms with Crippen LogP contribution >= 0.6 is 0 Å². The van der Waals surface area contributed by atoms with Crippen molar-refractivity contribution in [2.24, 2.45) is 11.7 Å². The third-order valence-corrected chi connectivity index (χ3v) is 2.94. The van der Waals surface area contributed by atoms with Crippen LogP contribution in [0.3, 0.4) is 0 Å². The van der Waals surface area contributed by atoms with Gasteiger partial charge in [0.1, 0.15) is 0 Å². The molecule has 15 heavy (non-hydrogen) atoms. The quantitative estimate of drug-likeness (QED) is 0.789. The highest BCUT2D eigenvalue weighted by molar-refractivity contribution is 4.94. The first-order chi connectivity index (χ1) is 7.38. The van der Waals surface area contributed by atoms with Gasteiger partial charge in [-0.25, -0.2) is 0 Å². The molecule has 1 aliphatic heterocycles. The lowest BCUT2D eigenvalue weighted by molar-refractivity contribution is 0.169. The Balaban J connectivity index is 1.89. The maximum absolute atomic E-state index is 5.70. The van der Waals surface area contributed by atoms with Crippen LogP contribution in [-0.2, 0) is 6.54 Å². The van der Waals surface area contributed by atoms with E-state index in [-0.39, 0.29) is 0 Å². The molecule has 0 saturated carbocycles. The Bertz CT molecular complexity index is 288. The largest absolute Gasteiger partial charge is 0.330 e. The number of piperidine rings is 1. The number of nitrogens with zero attached hydrogens (tertiary/aromatic N) is 3. The molecule has 1 aromatic heterocycles. The van der Waals surface area contributed by atoms with Crippen molar-refractivity contribution in [3.05, 3.63) is 24.3 Å². The molecule has 1 saturated heterocycles. The molecule has 0 amide bonds. The summed E-state index contributed by atoms with van der Waals surface area (Å²) in [5.74, 6) is 0.662. The molecule has 1 atom stereocenters. The van der Waals surface area contributed by atoms with Crippen LogP contribution in [0, 0.1) is 5.92 Å². The van der Waals surface area contributed by atoms with Gasteiger partial charge in [-0.3, -0.25) is 14.9 Å². The van der Waals surface area contributed by atoms with E-state index in [2.05, 4.69) is 14.9 Å². The van der Waals surface area contributed by atoms with Crippen molar-refractivity contribution < 1.29 is 0 Å². The molecular formula is C11H18N4. The maximum atomic E-state index is 5.70. The molecule has 4 heteroatoms. The van der Waals surface area contributed by atoms with Crippen LogP contribution in [0.5, 0.6) is 0 Å². The lowest BCUT2D eigenvalue weighted by Gasteiger charge is -2.31. The lowest BCUT2D eigenvalue weighted by Crippen LogP contribution is -2.38. The minimum atomic E-state index is 0.662. The van der Waals surface area contributed by atoms with Crippen LogP contribution in [0.25, 0.3) is 0 Å². The summed E-state index contributed by atoms with van der Waals surface area (Å²) in [6, 6.07) is 0. The Morgan fingerprint density at radius 3 is 3.13 bits per heavy atom. The van der Waals surface area contributed by atoms with Crippen molar-refractivity contribution in [2.75, 3.05) is 19.6 Å². The van der Waals surface area contributed by atoms with Gasteiger partial charge in [-0.2, -0.15) is 0 Å². The summed E-state index contributed by atoms with van der Waals surface area (Å²) in [6.45, 7) is 3.97. The first kappa shape index (κ1) is 10.5. The fourth-order valence-electron chi connectivity index (χ4n) is 2.13. The zero-order valence-corrected chi connectivity index (χ0v) is 8.97. The molecule has 0 bridgehead atoms. The normalized spacial score (nSPS) is 22.9. The molecule has 2 heterocycles. The Kier molecular flexibility index (Phi) is 3.64. The summed E-state index contributed by atoms with van der Waals surface area (Å²) in [4.78, 5) is 10.8. The number of aromatic nitrogens is 2. The molecule has 2 rings (SSSR count). The predicted octanol–water partition coefficient (Wildman–Crippen LogP) is 0.647. The van der Waals surface area contributed by atoms with Crippen LogP contribution in [-0.4, -0.2) is 34.5 Å². The molecule has 0 radical (unpaired) electrons. The highest BCUT2D eigenvalue weighted by Gasteiger charge is 2.18. The summed E-state index contributed by atoms with van der Waals surface area (Å²) >= 11 is 0. The van der Waals surface area contributed by atoms with Gasteiger partial charge in [0.2, 0.25) is 0 Å². The molecule has 0 aromatic carbocycles. The summed E-state index contributed by atoms with van der Waals surface area (Å²) < 4.78 is 0. The van der Waals surface area contributed by atoms with Gasteiger partial charge in [-0.15, -0.1) is 0 Å². The van der Waals surface area contributed by atoms with Crippen LogP contribution in [0.4, 0.5) is 0 Å². The molecule has 0 aliphatic carbocycles. The van der Waals surface area contributed by atoms with Gasteiger partial charge in [-0.05, 0) is 31.8 Å². The average molecular weight is 206 g/mol. The number of hydrogen-bond donors (Lipinski definition) is 1. The second-order valence-corrected chi connectivity index (χ2v) is 4.18. The van der Waals surface area contributed by atoms with Gasteiger partial charge in [-0.1, -0.05) is 0 Å². The predicted molar refractivity (Wildman–Crippen MR) is 59.1 cm³/mol. The number of likely N-dealkylation sites (tertiary alicyclic amines) is 1. The Hall–Kier alpha value is -1.00. The fourth-order valence-corrected chi connectivity index (χ4v) is 2.13. The van der Waals surface area contributed by atoms with Crippen molar-refractivity contribution >= 4 is 0 Å². The SMILES string of the molecule is NC[C@H]1CCCN(Cc2cnccn2)C1. The smallest absolute Gasteiger partial charge is 0.0726 e. The average Bonchev–Trinajstić information content (AvgIpc) is 2.31. The van der Waals surface area contributed by atoms with Gasteiger partial charge >= 0.3 is 0 Å². The lowest BCUT2D eigenvalue weighted by atomic mass is 9.98. The van der Waals surface area contributed by atoms with E-state index in [9.17, 15) is 0 Å². The zero-order valence-electron chi connectivity index (χ0n) is 8.97. The van der Waals surface area contributed by atoms with E-state index < -0.39 is 0 Å². The van der Waals surface area contributed by atoms with E-state index in [1.807, 2.05) is 6.20 Å². The van der Waals surface area contributed by atoms with Crippen molar-refractivity contribution in [1.29, 1.82) is 0 Å². The molecule has 1 aliphatic rings. The highest BCUT2D eigenvalue weighted by Crippen LogP contribution is 2.16. The zero-order chi connectivity index (χ0) is 10.5. The summed E-state index contributed by atoms with van der Waals surface area (Å²) in [6.07, 6.45) is 7.82. The molecule has 0 unspecified atom stereocenters. The van der Waals surface area contributed by atoms with Crippen LogP contribution in [0.1, 0.15) is 18.5 Å². The van der Waals surface area contributed by atoms with Crippen molar-refractivity contribution in [3.63, 3.8) is 0 Å². The van der Waals surface area contributed by atoms with E-state index in [1.165, 1.54) is 12.8 Å². The minimum Gasteiger partial charge on any atom is -0.330 e. The van der Waals surface area contributed by atoms with Crippen molar-refractivity contribution in [3.8, 4) is 0 Å². The van der Waals surface area contributed by atoms with Gasteiger partial charge in [0, 0.05) is 31.7 Å². The van der Waals surface area contributed by atoms with Crippen LogP contribution < -0.4 is 5.73 Å². The molecule has 1 aromatic rings. The first-order valence-electron chi connectivity index (χ1n) is 5.56. The number of rotatable bonds is 3. The van der Waals surface area contributed by atoms with Gasteiger partial charge in [0.15, 0.2) is 0 Å². The monoisotopic (exact) mass is 206 g/mol. The summed E-state index contributed by atoms with van der Waals surface area (Å²) in [7, 11) is 0. The van der Waals surface area contributed by atoms with E-state index in [1.54, 1.807) is 12.4 Å². The minimum absolute atomic E-state index is 0.662. The second-order valence-electron chi connectivity index (χ2n) is 4.18. The third kappa shape index (κ3) is 2.97. The maximum Gasteiger partial charge on any atom is 0.0726 e. The van der Waals surface area contributed by atoms with E-state index in [0.717, 1.165) is 31.9 Å². The second kappa shape index (κ2) is 5.19. The van der Waals surface area contributed by atoms with Crippen molar-refractivity contribution in [1.82, 2.24) is 14.9 Å². The Morgan fingerprint density at radius 1 is 1.47 bits per heavy atom. The summed E-state index contributed by atoms with van der Waals surface area (Å²) in [5.41, 5.74) is 6.76. The number of nitrogens with two attached hydrogens (primary N) is 1. The van der Waals surface area contributed by atoms with Gasteiger partial charge in [0.05, 0.1) is 5.69 Å². The van der Waals surface area contributed by atoms with Gasteiger partial charge < -0.3 is 5.73 Å². The van der Waals surface area contributed by atoms with Gasteiger partial charge in [0.25, 0.3) is 0 Å². The van der Waals surface area contributed by atoms with Crippen molar-refractivity contribution in [2.45, 2.75) is 19.4 Å². The Morgan fingerprint density at radius 2 is 2.40 bits per heavy atom. The highest BCUT2D eigenvalue weighted by atomic mass is 15.1. The first-order valence-corrected chi connectivity index (χ1v) is 5.56. The topological polar surface area (TPSA) is 55.0 Å². The van der Waals surface area contributed by atoms with Crippen LogP contribution in [0.15, 0.2) is 18.6 Å². The standard InChI is InChI=1S/C11H18N4/c12-6-10-2-1-5-15(8-10)9-11-7-13-3-4-14-11/h3-4,7,10H,1-2,5-6,8-9,12H2/t10-/m1/s1. The van der Waals surface area contributed by atoms with E-state index in [4.69, 9.17) is 5.73 Å². The van der Waals surface area contributed by atoms with E-state index in [0.29, 0.717) is 5.92 Å².